The number of benzene rings is 2. The first-order valence-corrected chi connectivity index (χ1v) is 7.15. The minimum atomic E-state index is -0.266. The Labute approximate surface area is 130 Å². The van der Waals surface area contributed by atoms with Crippen LogP contribution in [0.15, 0.2) is 42.5 Å². The fourth-order valence-electron chi connectivity index (χ4n) is 2.19. The quantitative estimate of drug-likeness (QED) is 0.896. The standard InChI is InChI=1S/C18H18N2O2/c1-3-13(11-19)14-5-4-6-15(9-14)18(22)20-16-8-7-12(2)17(21)10-16/h4-10,13,21H,3H2,1-2H3,(H,20,22). The second kappa shape index (κ2) is 6.77. The van der Waals surface area contributed by atoms with Crippen LogP contribution in [-0.4, -0.2) is 11.0 Å². The van der Waals surface area contributed by atoms with Gasteiger partial charge in [-0.1, -0.05) is 25.1 Å². The van der Waals surface area contributed by atoms with E-state index in [2.05, 4.69) is 11.4 Å². The van der Waals surface area contributed by atoms with Crippen LogP contribution in [0.25, 0.3) is 0 Å². The molecule has 112 valence electrons. The highest BCUT2D eigenvalue weighted by atomic mass is 16.3. The molecule has 22 heavy (non-hydrogen) atoms. The van der Waals surface area contributed by atoms with E-state index in [1.165, 1.54) is 6.07 Å². The number of carbonyl (C=O) groups is 1. The zero-order valence-corrected chi connectivity index (χ0v) is 12.6. The summed E-state index contributed by atoms with van der Waals surface area (Å²) in [5.74, 6) is -0.337. The molecule has 1 amide bonds. The number of aryl methyl sites for hydroxylation is 1. The van der Waals surface area contributed by atoms with Crippen molar-refractivity contribution in [3.8, 4) is 11.8 Å². The molecule has 2 aromatic rings. The third-order valence-corrected chi connectivity index (χ3v) is 3.58. The van der Waals surface area contributed by atoms with Crippen molar-refractivity contribution in [1.29, 1.82) is 5.26 Å². The van der Waals surface area contributed by atoms with Crippen molar-refractivity contribution in [3.05, 3.63) is 59.2 Å². The number of nitriles is 1. The SMILES string of the molecule is CCC(C#N)c1cccc(C(=O)Nc2ccc(C)c(O)c2)c1. The minimum absolute atomic E-state index is 0.141. The Hall–Kier alpha value is -2.80. The van der Waals surface area contributed by atoms with Gasteiger partial charge in [-0.2, -0.15) is 5.26 Å². The van der Waals surface area contributed by atoms with Crippen LogP contribution in [-0.2, 0) is 0 Å². The summed E-state index contributed by atoms with van der Waals surface area (Å²) in [6.07, 6.45) is 0.702. The molecule has 2 aromatic carbocycles. The normalized spacial score (nSPS) is 11.5. The molecule has 0 aliphatic carbocycles. The molecule has 0 radical (unpaired) electrons. The summed E-state index contributed by atoms with van der Waals surface area (Å²) in [6.45, 7) is 3.73. The predicted octanol–water partition coefficient (Wildman–Crippen LogP) is 3.97. The third kappa shape index (κ3) is 3.44. The summed E-state index contributed by atoms with van der Waals surface area (Å²) in [7, 11) is 0. The van der Waals surface area contributed by atoms with Gasteiger partial charge < -0.3 is 10.4 Å². The second-order valence-corrected chi connectivity index (χ2v) is 5.17. The number of carbonyl (C=O) groups excluding carboxylic acids is 1. The van der Waals surface area contributed by atoms with Gasteiger partial charge in [0.15, 0.2) is 0 Å². The molecule has 4 heteroatoms. The summed E-state index contributed by atoms with van der Waals surface area (Å²) in [4.78, 5) is 12.3. The molecule has 0 saturated carbocycles. The van der Waals surface area contributed by atoms with Crippen LogP contribution in [0.1, 0.15) is 40.7 Å². The molecule has 1 atom stereocenters. The van der Waals surface area contributed by atoms with Gasteiger partial charge in [0.1, 0.15) is 5.75 Å². The summed E-state index contributed by atoms with van der Waals surface area (Å²) >= 11 is 0. The van der Waals surface area contributed by atoms with Crippen molar-refractivity contribution in [1.82, 2.24) is 0 Å². The Morgan fingerprint density at radius 1 is 1.32 bits per heavy atom. The number of aromatic hydroxyl groups is 1. The van der Waals surface area contributed by atoms with Crippen molar-refractivity contribution in [3.63, 3.8) is 0 Å². The maximum atomic E-state index is 12.3. The number of phenols is 1. The number of phenolic OH excluding ortho intramolecular Hbond substituents is 1. The van der Waals surface area contributed by atoms with Gasteiger partial charge in [0.2, 0.25) is 0 Å². The average Bonchev–Trinajstić information content (AvgIpc) is 2.52. The summed E-state index contributed by atoms with van der Waals surface area (Å²) in [5, 5.41) is 21.5. The highest BCUT2D eigenvalue weighted by Crippen LogP contribution is 2.23. The Bertz CT molecular complexity index is 732. The maximum Gasteiger partial charge on any atom is 0.255 e. The van der Waals surface area contributed by atoms with E-state index in [4.69, 9.17) is 5.26 Å². The van der Waals surface area contributed by atoms with E-state index in [1.807, 2.05) is 13.0 Å². The van der Waals surface area contributed by atoms with Crippen LogP contribution in [0.3, 0.4) is 0 Å². The zero-order valence-electron chi connectivity index (χ0n) is 12.6. The van der Waals surface area contributed by atoms with Gasteiger partial charge in [-0.3, -0.25) is 4.79 Å². The zero-order chi connectivity index (χ0) is 16.1. The lowest BCUT2D eigenvalue weighted by Gasteiger charge is -2.10. The van der Waals surface area contributed by atoms with Gasteiger partial charge in [0.05, 0.1) is 12.0 Å². The van der Waals surface area contributed by atoms with E-state index < -0.39 is 0 Å². The monoisotopic (exact) mass is 294 g/mol. The van der Waals surface area contributed by atoms with E-state index in [0.29, 0.717) is 17.7 Å². The van der Waals surface area contributed by atoms with Gasteiger partial charge in [-0.05, 0) is 42.7 Å². The van der Waals surface area contributed by atoms with E-state index >= 15 is 0 Å². The fourth-order valence-corrected chi connectivity index (χ4v) is 2.19. The van der Waals surface area contributed by atoms with Crippen LogP contribution >= 0.6 is 0 Å². The Morgan fingerprint density at radius 2 is 2.09 bits per heavy atom. The van der Waals surface area contributed by atoms with Gasteiger partial charge in [-0.15, -0.1) is 0 Å². The first-order valence-electron chi connectivity index (χ1n) is 7.15. The molecule has 0 aliphatic heterocycles. The summed E-state index contributed by atoms with van der Waals surface area (Å²) < 4.78 is 0. The van der Waals surface area contributed by atoms with E-state index in [0.717, 1.165) is 11.1 Å². The molecule has 4 nitrogen and oxygen atoms in total. The highest BCUT2D eigenvalue weighted by Gasteiger charge is 2.12. The number of nitrogens with zero attached hydrogens (tertiary/aromatic N) is 1. The molecule has 0 heterocycles. The minimum Gasteiger partial charge on any atom is -0.508 e. The largest absolute Gasteiger partial charge is 0.508 e. The average molecular weight is 294 g/mol. The first-order chi connectivity index (χ1) is 10.5. The van der Waals surface area contributed by atoms with Crippen molar-refractivity contribution in [2.75, 3.05) is 5.32 Å². The van der Waals surface area contributed by atoms with Crippen LogP contribution < -0.4 is 5.32 Å². The summed E-state index contributed by atoms with van der Waals surface area (Å²) in [6, 6.07) is 14.3. The van der Waals surface area contributed by atoms with E-state index in [-0.39, 0.29) is 17.6 Å². The van der Waals surface area contributed by atoms with Crippen LogP contribution in [0, 0.1) is 18.3 Å². The van der Waals surface area contributed by atoms with Crippen LogP contribution in [0.2, 0.25) is 0 Å². The van der Waals surface area contributed by atoms with Gasteiger partial charge in [0, 0.05) is 17.3 Å². The molecule has 0 spiro atoms. The van der Waals surface area contributed by atoms with Crippen molar-refractivity contribution < 1.29 is 9.90 Å². The lowest BCUT2D eigenvalue weighted by molar-refractivity contribution is 0.102. The van der Waals surface area contributed by atoms with E-state index in [1.54, 1.807) is 37.3 Å². The second-order valence-electron chi connectivity index (χ2n) is 5.17. The molecule has 0 aromatic heterocycles. The highest BCUT2D eigenvalue weighted by molar-refractivity contribution is 6.04. The van der Waals surface area contributed by atoms with Gasteiger partial charge in [0.25, 0.3) is 5.91 Å². The van der Waals surface area contributed by atoms with Crippen molar-refractivity contribution in [2.24, 2.45) is 0 Å². The number of hydrogen-bond donors (Lipinski definition) is 2. The molecule has 2 N–H and O–H groups in total. The number of nitrogens with one attached hydrogen (secondary N) is 1. The lowest BCUT2D eigenvalue weighted by Crippen LogP contribution is -2.12. The molecular formula is C18H18N2O2. The van der Waals surface area contributed by atoms with Gasteiger partial charge >= 0.3 is 0 Å². The molecule has 0 aliphatic rings. The molecule has 0 bridgehead atoms. The first kappa shape index (κ1) is 15.6. The number of anilines is 1. The molecule has 0 saturated heterocycles. The molecule has 1 unspecified atom stereocenters. The summed E-state index contributed by atoms with van der Waals surface area (Å²) in [5.41, 5.74) is 2.61. The molecular weight excluding hydrogens is 276 g/mol. The van der Waals surface area contributed by atoms with Crippen LogP contribution in [0.4, 0.5) is 5.69 Å². The predicted molar refractivity (Wildman–Crippen MR) is 85.9 cm³/mol. The van der Waals surface area contributed by atoms with E-state index in [9.17, 15) is 9.90 Å². The number of rotatable bonds is 4. The van der Waals surface area contributed by atoms with Crippen molar-refractivity contribution in [2.45, 2.75) is 26.2 Å². The maximum absolute atomic E-state index is 12.3. The Morgan fingerprint density at radius 3 is 2.73 bits per heavy atom. The third-order valence-electron chi connectivity index (χ3n) is 3.58. The topological polar surface area (TPSA) is 73.1 Å². The van der Waals surface area contributed by atoms with Crippen molar-refractivity contribution >= 4 is 11.6 Å². The molecule has 0 fully saturated rings. The fraction of sp³-hybridized carbons (Fsp3) is 0.222. The Kier molecular flexibility index (Phi) is 4.80. The van der Waals surface area contributed by atoms with Crippen LogP contribution in [0.5, 0.6) is 5.75 Å². The molecule has 2 rings (SSSR count). The number of amides is 1. The number of hydrogen-bond acceptors (Lipinski definition) is 3. The van der Waals surface area contributed by atoms with Gasteiger partial charge in [-0.25, -0.2) is 0 Å². The lowest BCUT2D eigenvalue weighted by atomic mass is 9.96. The Balaban J connectivity index is 2.21. The smallest absolute Gasteiger partial charge is 0.255 e.